The minimum Gasteiger partial charge on any atom is -0.464 e. The summed E-state index contributed by atoms with van der Waals surface area (Å²) in [5, 5.41) is 11.3. The fourth-order valence-electron chi connectivity index (χ4n) is 3.04. The molecule has 0 spiro atoms. The molecule has 6 heteroatoms. The number of hydrogen-bond acceptors (Lipinski definition) is 5. The maximum Gasteiger partial charge on any atom is 0.381 e. The molecule has 2 rings (SSSR count). The molecule has 3 unspecified atom stereocenters. The first kappa shape index (κ1) is 15.2. The number of carbonyl (C=O) groups is 2. The minimum atomic E-state index is -1.50. The summed E-state index contributed by atoms with van der Waals surface area (Å²) in [5.74, 6) is -2.21. The molecule has 0 aromatic heterocycles. The quantitative estimate of drug-likeness (QED) is 0.481. The largest absolute Gasteiger partial charge is 0.464 e. The molecule has 0 bridgehead atoms. The maximum absolute atomic E-state index is 12.3. The first-order valence-electron chi connectivity index (χ1n) is 6.85. The highest BCUT2D eigenvalue weighted by Crippen LogP contribution is 2.38. The van der Waals surface area contributed by atoms with Gasteiger partial charge in [-0.25, -0.2) is 4.79 Å². The second-order valence-corrected chi connectivity index (χ2v) is 5.16. The summed E-state index contributed by atoms with van der Waals surface area (Å²) in [6.45, 7) is 0. The van der Waals surface area contributed by atoms with Crippen LogP contribution in [0, 0.1) is 16.0 Å². The molecule has 0 aliphatic heterocycles. The van der Waals surface area contributed by atoms with Crippen molar-refractivity contribution in [2.75, 3.05) is 7.11 Å². The zero-order valence-electron chi connectivity index (χ0n) is 11.7. The van der Waals surface area contributed by atoms with Gasteiger partial charge in [-0.05, 0) is 18.4 Å². The monoisotopic (exact) mass is 291 g/mol. The summed E-state index contributed by atoms with van der Waals surface area (Å²) in [5.41, 5.74) is 0.725. The van der Waals surface area contributed by atoms with E-state index in [2.05, 4.69) is 4.74 Å². The second kappa shape index (κ2) is 6.47. The summed E-state index contributed by atoms with van der Waals surface area (Å²) in [4.78, 5) is 34.7. The third-order valence-corrected chi connectivity index (χ3v) is 3.97. The highest BCUT2D eigenvalue weighted by molar-refractivity contribution is 5.88. The fraction of sp³-hybridized carbons (Fsp3) is 0.467. The first-order chi connectivity index (χ1) is 10.1. The SMILES string of the molecule is COC(=O)C(C1CCCC(=O)C1c1ccccc1)[N+](=O)[O-]. The summed E-state index contributed by atoms with van der Waals surface area (Å²) in [6, 6.07) is 7.44. The Morgan fingerprint density at radius 1 is 1.38 bits per heavy atom. The van der Waals surface area contributed by atoms with Gasteiger partial charge in [0.15, 0.2) is 0 Å². The number of ketones is 1. The molecule has 3 atom stereocenters. The standard InChI is InChI=1S/C15H17NO5/c1-21-15(18)14(16(19)20)11-8-5-9-12(17)13(11)10-6-3-2-4-7-10/h2-4,6-7,11,13-14H,5,8-9H2,1H3. The van der Waals surface area contributed by atoms with Crippen LogP contribution in [0.1, 0.15) is 30.7 Å². The van der Waals surface area contributed by atoms with Crippen molar-refractivity contribution in [3.8, 4) is 0 Å². The Morgan fingerprint density at radius 2 is 2.05 bits per heavy atom. The number of carbonyl (C=O) groups excluding carboxylic acids is 2. The van der Waals surface area contributed by atoms with E-state index in [1.165, 1.54) is 0 Å². The van der Waals surface area contributed by atoms with Crippen LogP contribution in [0.3, 0.4) is 0 Å². The molecular weight excluding hydrogens is 274 g/mol. The number of methoxy groups -OCH3 is 1. The lowest BCUT2D eigenvalue weighted by Gasteiger charge is -2.31. The maximum atomic E-state index is 12.3. The van der Waals surface area contributed by atoms with Crippen LogP contribution >= 0.6 is 0 Å². The highest BCUT2D eigenvalue weighted by atomic mass is 16.6. The predicted octanol–water partition coefficient (Wildman–Crippen LogP) is 1.96. The van der Waals surface area contributed by atoms with Crippen LogP contribution in [0.25, 0.3) is 0 Å². The molecule has 0 amide bonds. The Hall–Kier alpha value is -2.24. The van der Waals surface area contributed by atoms with Gasteiger partial charge >= 0.3 is 12.0 Å². The van der Waals surface area contributed by atoms with E-state index in [0.29, 0.717) is 19.3 Å². The van der Waals surface area contributed by atoms with Crippen molar-refractivity contribution in [1.29, 1.82) is 0 Å². The van der Waals surface area contributed by atoms with Gasteiger partial charge in [-0.15, -0.1) is 0 Å². The number of Topliss-reactive ketones (excluding diaryl/α,β-unsaturated/α-hetero) is 1. The van der Waals surface area contributed by atoms with E-state index in [1.807, 2.05) is 6.07 Å². The lowest BCUT2D eigenvalue weighted by Crippen LogP contribution is -2.44. The highest BCUT2D eigenvalue weighted by Gasteiger charge is 2.48. The average molecular weight is 291 g/mol. The number of benzene rings is 1. The van der Waals surface area contributed by atoms with Crippen LogP contribution in [0.5, 0.6) is 0 Å². The van der Waals surface area contributed by atoms with Gasteiger partial charge in [-0.1, -0.05) is 30.3 Å². The van der Waals surface area contributed by atoms with E-state index >= 15 is 0 Å². The van der Waals surface area contributed by atoms with Crippen molar-refractivity contribution in [3.05, 3.63) is 46.0 Å². The van der Waals surface area contributed by atoms with Gasteiger partial charge in [0.2, 0.25) is 0 Å². The number of nitrogens with zero attached hydrogens (tertiary/aromatic N) is 1. The first-order valence-corrected chi connectivity index (χ1v) is 6.85. The van der Waals surface area contributed by atoms with E-state index in [0.717, 1.165) is 12.7 Å². The summed E-state index contributed by atoms with van der Waals surface area (Å²) in [7, 11) is 1.13. The summed E-state index contributed by atoms with van der Waals surface area (Å²) >= 11 is 0. The zero-order valence-corrected chi connectivity index (χ0v) is 11.7. The fourth-order valence-corrected chi connectivity index (χ4v) is 3.04. The summed E-state index contributed by atoms with van der Waals surface area (Å²) < 4.78 is 4.55. The number of hydrogen-bond donors (Lipinski definition) is 0. The van der Waals surface area contributed by atoms with Crippen molar-refractivity contribution < 1.29 is 19.2 Å². The lowest BCUT2D eigenvalue weighted by atomic mass is 9.71. The van der Waals surface area contributed by atoms with E-state index in [1.54, 1.807) is 24.3 Å². The smallest absolute Gasteiger partial charge is 0.381 e. The van der Waals surface area contributed by atoms with Crippen molar-refractivity contribution in [1.82, 2.24) is 0 Å². The Kier molecular flexibility index (Phi) is 4.67. The number of ether oxygens (including phenoxy) is 1. The van der Waals surface area contributed by atoms with E-state index in [9.17, 15) is 19.7 Å². The van der Waals surface area contributed by atoms with Crippen molar-refractivity contribution in [2.45, 2.75) is 31.2 Å². The molecule has 112 valence electrons. The molecule has 1 aromatic rings. The Bertz CT molecular complexity index is 542. The third-order valence-electron chi connectivity index (χ3n) is 3.97. The predicted molar refractivity (Wildman–Crippen MR) is 74.3 cm³/mol. The van der Waals surface area contributed by atoms with E-state index in [4.69, 9.17) is 0 Å². The average Bonchev–Trinajstić information content (AvgIpc) is 2.48. The van der Waals surface area contributed by atoms with Gasteiger partial charge in [0.25, 0.3) is 0 Å². The molecule has 6 nitrogen and oxygen atoms in total. The van der Waals surface area contributed by atoms with Crippen molar-refractivity contribution >= 4 is 11.8 Å². The summed E-state index contributed by atoms with van der Waals surface area (Å²) in [6.07, 6.45) is 1.42. The lowest BCUT2D eigenvalue weighted by molar-refractivity contribution is -0.520. The van der Waals surface area contributed by atoms with Crippen LogP contribution in [0.2, 0.25) is 0 Å². The van der Waals surface area contributed by atoms with Gasteiger partial charge in [0.1, 0.15) is 5.78 Å². The molecule has 1 fully saturated rings. The molecule has 0 saturated heterocycles. The van der Waals surface area contributed by atoms with Crippen LogP contribution < -0.4 is 0 Å². The van der Waals surface area contributed by atoms with Crippen molar-refractivity contribution in [2.24, 2.45) is 5.92 Å². The molecule has 21 heavy (non-hydrogen) atoms. The van der Waals surface area contributed by atoms with Gasteiger partial charge in [-0.2, -0.15) is 0 Å². The Morgan fingerprint density at radius 3 is 2.62 bits per heavy atom. The number of esters is 1. The molecule has 1 saturated carbocycles. The van der Waals surface area contributed by atoms with Crippen LogP contribution in [-0.2, 0) is 14.3 Å². The zero-order chi connectivity index (χ0) is 15.4. The molecule has 0 radical (unpaired) electrons. The molecule has 1 aliphatic rings. The van der Waals surface area contributed by atoms with Gasteiger partial charge in [0.05, 0.1) is 18.9 Å². The van der Waals surface area contributed by atoms with Gasteiger partial charge in [0, 0.05) is 11.3 Å². The van der Waals surface area contributed by atoms with Crippen molar-refractivity contribution in [3.63, 3.8) is 0 Å². The Balaban J connectivity index is 2.40. The van der Waals surface area contributed by atoms with Crippen LogP contribution in [0.4, 0.5) is 0 Å². The molecular formula is C15H17NO5. The van der Waals surface area contributed by atoms with Gasteiger partial charge in [-0.3, -0.25) is 14.9 Å². The topological polar surface area (TPSA) is 86.5 Å². The minimum absolute atomic E-state index is 0.0480. The molecule has 1 aliphatic carbocycles. The van der Waals surface area contributed by atoms with Gasteiger partial charge < -0.3 is 4.74 Å². The van der Waals surface area contributed by atoms with Crippen LogP contribution in [0.15, 0.2) is 30.3 Å². The van der Waals surface area contributed by atoms with E-state index < -0.39 is 28.8 Å². The normalized spacial score (nSPS) is 23.4. The molecule has 1 aromatic carbocycles. The molecule has 0 N–H and O–H groups in total. The molecule has 0 heterocycles. The second-order valence-electron chi connectivity index (χ2n) is 5.16. The third kappa shape index (κ3) is 3.09. The Labute approximate surface area is 122 Å². The number of rotatable bonds is 4. The number of nitro groups is 1. The van der Waals surface area contributed by atoms with Crippen LogP contribution in [-0.4, -0.2) is 29.8 Å². The van der Waals surface area contributed by atoms with E-state index in [-0.39, 0.29) is 5.78 Å².